The number of benzene rings is 2. The van der Waals surface area contributed by atoms with Crippen LogP contribution < -0.4 is 9.46 Å². The summed E-state index contributed by atoms with van der Waals surface area (Å²) in [6.07, 6.45) is 3.69. The summed E-state index contributed by atoms with van der Waals surface area (Å²) < 4.78 is 30.7. The predicted molar refractivity (Wildman–Crippen MR) is 88.9 cm³/mol. The molecule has 116 valence electrons. The third-order valence-electron chi connectivity index (χ3n) is 3.77. The van der Waals surface area contributed by atoms with Gasteiger partial charge in [0, 0.05) is 11.3 Å². The van der Waals surface area contributed by atoms with Crippen LogP contribution in [0.3, 0.4) is 0 Å². The van der Waals surface area contributed by atoms with Crippen LogP contribution >= 0.6 is 0 Å². The van der Waals surface area contributed by atoms with E-state index in [1.807, 2.05) is 0 Å². The molecule has 2 aromatic rings. The highest BCUT2D eigenvalue weighted by Crippen LogP contribution is 2.41. The first-order valence-corrected chi connectivity index (χ1v) is 9.11. The van der Waals surface area contributed by atoms with Gasteiger partial charge in [0.1, 0.15) is 5.75 Å². The van der Waals surface area contributed by atoms with Crippen LogP contribution in [0, 0.1) is 0 Å². The molecule has 0 heterocycles. The topological polar surface area (TPSA) is 55.4 Å². The molecule has 3 rings (SSSR count). The van der Waals surface area contributed by atoms with E-state index in [0.29, 0.717) is 11.6 Å². The molecular formula is C17H19NO3S. The largest absolute Gasteiger partial charge is 0.496 e. The second-order valence-electron chi connectivity index (χ2n) is 5.69. The minimum Gasteiger partial charge on any atom is -0.496 e. The Hall–Kier alpha value is -2.01. The van der Waals surface area contributed by atoms with Crippen LogP contribution in [0.5, 0.6) is 5.75 Å². The van der Waals surface area contributed by atoms with Gasteiger partial charge in [-0.25, -0.2) is 8.42 Å². The fourth-order valence-electron chi connectivity index (χ4n) is 2.56. The normalized spacial score (nSPS) is 14.6. The van der Waals surface area contributed by atoms with Crippen molar-refractivity contribution in [2.24, 2.45) is 0 Å². The van der Waals surface area contributed by atoms with Crippen molar-refractivity contribution in [2.75, 3.05) is 18.1 Å². The third-order valence-corrected chi connectivity index (χ3v) is 4.38. The summed E-state index contributed by atoms with van der Waals surface area (Å²) in [5.41, 5.74) is 3.79. The fourth-order valence-corrected chi connectivity index (χ4v) is 3.12. The van der Waals surface area contributed by atoms with E-state index in [-0.39, 0.29) is 0 Å². The predicted octanol–water partition coefficient (Wildman–Crippen LogP) is 3.61. The van der Waals surface area contributed by atoms with Crippen LogP contribution in [0.2, 0.25) is 0 Å². The van der Waals surface area contributed by atoms with Gasteiger partial charge in [-0.15, -0.1) is 0 Å². The first kappa shape index (κ1) is 14.9. The van der Waals surface area contributed by atoms with Crippen LogP contribution in [0.4, 0.5) is 5.69 Å². The van der Waals surface area contributed by atoms with Gasteiger partial charge >= 0.3 is 0 Å². The molecule has 0 radical (unpaired) electrons. The molecule has 1 N–H and O–H groups in total. The molecule has 1 fully saturated rings. The van der Waals surface area contributed by atoms with Crippen molar-refractivity contribution in [3.8, 4) is 16.9 Å². The summed E-state index contributed by atoms with van der Waals surface area (Å²) in [6.45, 7) is 0. The molecule has 0 aromatic heterocycles. The van der Waals surface area contributed by atoms with E-state index in [2.05, 4.69) is 29.0 Å². The van der Waals surface area contributed by atoms with Crippen molar-refractivity contribution in [3.05, 3.63) is 48.0 Å². The van der Waals surface area contributed by atoms with Gasteiger partial charge in [0.25, 0.3) is 0 Å². The van der Waals surface area contributed by atoms with Crippen molar-refractivity contribution in [1.82, 2.24) is 0 Å². The molecule has 4 nitrogen and oxygen atoms in total. The van der Waals surface area contributed by atoms with Crippen LogP contribution in [0.25, 0.3) is 11.1 Å². The summed E-state index contributed by atoms with van der Waals surface area (Å²) >= 11 is 0. The number of anilines is 1. The highest BCUT2D eigenvalue weighted by Gasteiger charge is 2.23. The Kier molecular flexibility index (Phi) is 3.83. The van der Waals surface area contributed by atoms with Crippen molar-refractivity contribution < 1.29 is 13.2 Å². The second kappa shape index (κ2) is 5.65. The molecule has 1 saturated carbocycles. The molecule has 0 atom stereocenters. The van der Waals surface area contributed by atoms with Crippen molar-refractivity contribution in [2.45, 2.75) is 18.8 Å². The highest BCUT2D eigenvalue weighted by molar-refractivity contribution is 7.92. The van der Waals surface area contributed by atoms with Gasteiger partial charge in [0.2, 0.25) is 10.0 Å². The van der Waals surface area contributed by atoms with Gasteiger partial charge in [0.15, 0.2) is 0 Å². The lowest BCUT2D eigenvalue weighted by molar-refractivity contribution is 0.416. The first-order chi connectivity index (χ1) is 10.5. The lowest BCUT2D eigenvalue weighted by Crippen LogP contribution is -2.09. The number of hydrogen-bond donors (Lipinski definition) is 1. The lowest BCUT2D eigenvalue weighted by Gasteiger charge is -2.12. The number of nitrogens with one attached hydrogen (secondary N) is 1. The molecule has 22 heavy (non-hydrogen) atoms. The van der Waals surface area contributed by atoms with E-state index >= 15 is 0 Å². The standard InChI is InChI=1S/C17H19NO3S/c1-21-17-10-9-15(18-22(2,19)20)11-16(17)14-7-5-13(6-8-14)12-3-4-12/h5-12,18H,3-4H2,1-2H3. The Morgan fingerprint density at radius 3 is 2.32 bits per heavy atom. The quantitative estimate of drug-likeness (QED) is 0.916. The molecule has 1 aliphatic rings. The van der Waals surface area contributed by atoms with Gasteiger partial charge in [-0.2, -0.15) is 0 Å². The van der Waals surface area contributed by atoms with Gasteiger partial charge in [-0.05, 0) is 48.1 Å². The first-order valence-electron chi connectivity index (χ1n) is 7.22. The molecule has 5 heteroatoms. The Balaban J connectivity index is 1.97. The summed E-state index contributed by atoms with van der Waals surface area (Å²) in [5, 5.41) is 0. The molecule has 0 spiro atoms. The Labute approximate surface area is 131 Å². The maximum atomic E-state index is 11.4. The molecule has 0 unspecified atom stereocenters. The van der Waals surface area contributed by atoms with Crippen molar-refractivity contribution in [1.29, 1.82) is 0 Å². The molecule has 0 aliphatic heterocycles. The van der Waals surface area contributed by atoms with Gasteiger partial charge in [0.05, 0.1) is 13.4 Å². The number of ether oxygens (including phenoxy) is 1. The van der Waals surface area contributed by atoms with Crippen LogP contribution in [-0.4, -0.2) is 21.8 Å². The van der Waals surface area contributed by atoms with E-state index < -0.39 is 10.0 Å². The highest BCUT2D eigenvalue weighted by atomic mass is 32.2. The molecule has 1 aliphatic carbocycles. The summed E-state index contributed by atoms with van der Waals surface area (Å²) in [6, 6.07) is 13.7. The average Bonchev–Trinajstić information content (AvgIpc) is 3.30. The fraction of sp³-hybridized carbons (Fsp3) is 0.294. The minimum atomic E-state index is -3.30. The Bertz CT molecular complexity index is 778. The Morgan fingerprint density at radius 1 is 1.09 bits per heavy atom. The molecule has 0 amide bonds. The maximum Gasteiger partial charge on any atom is 0.229 e. The van der Waals surface area contributed by atoms with Crippen molar-refractivity contribution >= 4 is 15.7 Å². The van der Waals surface area contributed by atoms with E-state index in [9.17, 15) is 8.42 Å². The van der Waals surface area contributed by atoms with E-state index in [4.69, 9.17) is 4.74 Å². The number of hydrogen-bond acceptors (Lipinski definition) is 3. The van der Waals surface area contributed by atoms with Crippen LogP contribution in [0.15, 0.2) is 42.5 Å². The zero-order valence-corrected chi connectivity index (χ0v) is 13.5. The summed E-state index contributed by atoms with van der Waals surface area (Å²) in [4.78, 5) is 0. The van der Waals surface area contributed by atoms with Gasteiger partial charge < -0.3 is 4.74 Å². The lowest BCUT2D eigenvalue weighted by atomic mass is 10.0. The zero-order valence-electron chi connectivity index (χ0n) is 12.7. The monoisotopic (exact) mass is 317 g/mol. The second-order valence-corrected chi connectivity index (χ2v) is 7.43. The third kappa shape index (κ3) is 3.42. The molecule has 0 bridgehead atoms. The summed E-state index contributed by atoms with van der Waals surface area (Å²) in [5.74, 6) is 1.44. The van der Waals surface area contributed by atoms with Crippen LogP contribution in [-0.2, 0) is 10.0 Å². The SMILES string of the molecule is COc1ccc(NS(C)(=O)=O)cc1-c1ccc(C2CC2)cc1. The number of methoxy groups -OCH3 is 1. The molecule has 0 saturated heterocycles. The minimum absolute atomic E-state index is 0.532. The van der Waals surface area contributed by atoms with Crippen LogP contribution in [0.1, 0.15) is 24.3 Å². The van der Waals surface area contributed by atoms with E-state index in [0.717, 1.165) is 23.1 Å². The maximum absolute atomic E-state index is 11.4. The smallest absolute Gasteiger partial charge is 0.229 e. The van der Waals surface area contributed by atoms with Gasteiger partial charge in [-0.1, -0.05) is 24.3 Å². The number of sulfonamides is 1. The van der Waals surface area contributed by atoms with E-state index in [1.165, 1.54) is 18.4 Å². The average molecular weight is 317 g/mol. The Morgan fingerprint density at radius 2 is 1.77 bits per heavy atom. The summed E-state index contributed by atoms with van der Waals surface area (Å²) in [7, 11) is -1.68. The number of rotatable bonds is 5. The molecule has 2 aromatic carbocycles. The molecular weight excluding hydrogens is 298 g/mol. The van der Waals surface area contributed by atoms with Gasteiger partial charge in [-0.3, -0.25) is 4.72 Å². The van der Waals surface area contributed by atoms with E-state index in [1.54, 1.807) is 25.3 Å². The van der Waals surface area contributed by atoms with Crippen molar-refractivity contribution in [3.63, 3.8) is 0 Å². The zero-order chi connectivity index (χ0) is 15.7.